The Morgan fingerprint density at radius 1 is 0.879 bits per heavy atom. The largest absolute Gasteiger partial charge is 0.507 e. The second-order valence-corrected chi connectivity index (χ2v) is 7.33. The lowest BCUT2D eigenvalue weighted by molar-refractivity contribution is -0.132. The smallest absolute Gasteiger partial charge is 0.300 e. The summed E-state index contributed by atoms with van der Waals surface area (Å²) in [6.45, 7) is 0. The van der Waals surface area contributed by atoms with Gasteiger partial charge in [-0.1, -0.05) is 18.2 Å². The number of aliphatic hydroxyl groups excluding tert-OH is 1. The molecule has 0 spiro atoms. The number of ether oxygens (including phenoxy) is 1. The number of furan rings is 1. The molecule has 0 radical (unpaired) electrons. The zero-order valence-electron chi connectivity index (χ0n) is 17.3. The monoisotopic (exact) mass is 438 g/mol. The van der Waals surface area contributed by atoms with E-state index in [0.717, 1.165) is 0 Å². The minimum atomic E-state index is -0.922. The SMILES string of the molecule is O=C1C(=O)N(c2ccc(Oc3ccccc3)cc2)C(c2ccco2)/C1=C(/O)c1ccncc1. The first-order valence-electron chi connectivity index (χ1n) is 10.2. The summed E-state index contributed by atoms with van der Waals surface area (Å²) in [6.07, 6.45) is 4.45. The summed E-state index contributed by atoms with van der Waals surface area (Å²) in [5.74, 6) is -0.233. The molecular formula is C26H18N2O5. The van der Waals surface area contributed by atoms with Crippen molar-refractivity contribution in [3.8, 4) is 11.5 Å². The van der Waals surface area contributed by atoms with Crippen LogP contribution in [0.3, 0.4) is 0 Å². The molecule has 0 bridgehead atoms. The summed E-state index contributed by atoms with van der Waals surface area (Å²) < 4.78 is 11.4. The summed E-state index contributed by atoms with van der Waals surface area (Å²) >= 11 is 0. The zero-order chi connectivity index (χ0) is 22.8. The predicted octanol–water partition coefficient (Wildman–Crippen LogP) is 5.09. The number of ketones is 1. The van der Waals surface area contributed by atoms with E-state index in [0.29, 0.717) is 28.5 Å². The van der Waals surface area contributed by atoms with Gasteiger partial charge in [-0.3, -0.25) is 19.5 Å². The predicted molar refractivity (Wildman–Crippen MR) is 121 cm³/mol. The number of carbonyl (C=O) groups is 2. The number of nitrogens with zero attached hydrogens (tertiary/aromatic N) is 2. The standard InChI is InChI=1S/C26H18N2O5/c29-24(17-12-14-27-15-13-17)22-23(21-7-4-16-32-21)28(26(31)25(22)30)18-8-10-20(11-9-18)33-19-5-2-1-3-6-19/h1-16,23,29H/b24-22-. The average Bonchev–Trinajstić information content (AvgIpc) is 3.47. The molecule has 3 heterocycles. The number of carbonyl (C=O) groups excluding carboxylic acids is 2. The Balaban J connectivity index is 1.55. The Hall–Kier alpha value is -4.65. The molecule has 0 aliphatic carbocycles. The third kappa shape index (κ3) is 3.76. The second kappa shape index (κ2) is 8.47. The van der Waals surface area contributed by atoms with E-state index in [1.165, 1.54) is 23.6 Å². The van der Waals surface area contributed by atoms with E-state index >= 15 is 0 Å². The fourth-order valence-electron chi connectivity index (χ4n) is 3.78. The van der Waals surface area contributed by atoms with E-state index in [2.05, 4.69) is 4.98 Å². The van der Waals surface area contributed by atoms with Crippen molar-refractivity contribution in [3.05, 3.63) is 114 Å². The van der Waals surface area contributed by atoms with E-state index in [4.69, 9.17) is 9.15 Å². The van der Waals surface area contributed by atoms with Crippen LogP contribution in [0.2, 0.25) is 0 Å². The van der Waals surface area contributed by atoms with Gasteiger partial charge in [-0.2, -0.15) is 0 Å². The maximum absolute atomic E-state index is 13.1. The van der Waals surface area contributed by atoms with Crippen LogP contribution in [0.1, 0.15) is 17.4 Å². The van der Waals surface area contributed by atoms with Gasteiger partial charge in [-0.25, -0.2) is 0 Å². The van der Waals surface area contributed by atoms with Crippen LogP contribution in [0.4, 0.5) is 5.69 Å². The Morgan fingerprint density at radius 2 is 1.58 bits per heavy atom. The van der Waals surface area contributed by atoms with E-state index in [1.807, 2.05) is 30.3 Å². The quantitative estimate of drug-likeness (QED) is 0.265. The van der Waals surface area contributed by atoms with Crippen molar-refractivity contribution in [1.29, 1.82) is 0 Å². The summed E-state index contributed by atoms with van der Waals surface area (Å²) in [5, 5.41) is 10.9. The number of rotatable bonds is 5. The minimum absolute atomic E-state index is 0.0502. The number of aromatic nitrogens is 1. The van der Waals surface area contributed by atoms with Gasteiger partial charge in [-0.15, -0.1) is 0 Å². The summed E-state index contributed by atoms with van der Waals surface area (Å²) in [6, 6.07) is 21.6. The third-order valence-corrected chi connectivity index (χ3v) is 5.30. The summed E-state index contributed by atoms with van der Waals surface area (Å²) in [7, 11) is 0. The van der Waals surface area contributed by atoms with Crippen LogP contribution < -0.4 is 9.64 Å². The Bertz CT molecular complexity index is 1310. The Morgan fingerprint density at radius 3 is 2.24 bits per heavy atom. The number of para-hydroxylation sites is 1. The molecule has 162 valence electrons. The number of hydrogen-bond donors (Lipinski definition) is 1. The van der Waals surface area contributed by atoms with Crippen molar-refractivity contribution in [2.24, 2.45) is 0 Å². The fraction of sp³-hybridized carbons (Fsp3) is 0.0385. The van der Waals surface area contributed by atoms with Gasteiger partial charge in [0.05, 0.1) is 11.8 Å². The van der Waals surface area contributed by atoms with Crippen molar-refractivity contribution in [3.63, 3.8) is 0 Å². The first-order chi connectivity index (χ1) is 16.1. The molecule has 7 heteroatoms. The van der Waals surface area contributed by atoms with Crippen LogP contribution in [-0.2, 0) is 9.59 Å². The molecule has 1 aliphatic heterocycles. The van der Waals surface area contributed by atoms with Gasteiger partial charge in [-0.05, 0) is 60.7 Å². The fourth-order valence-corrected chi connectivity index (χ4v) is 3.78. The number of anilines is 1. The Labute approximate surface area is 189 Å². The molecule has 4 aromatic rings. The highest BCUT2D eigenvalue weighted by atomic mass is 16.5. The van der Waals surface area contributed by atoms with Crippen LogP contribution in [0.15, 0.2) is 108 Å². The third-order valence-electron chi connectivity index (χ3n) is 5.30. The Kier molecular flexibility index (Phi) is 5.20. The van der Waals surface area contributed by atoms with Gasteiger partial charge in [0.25, 0.3) is 11.7 Å². The van der Waals surface area contributed by atoms with Crippen LogP contribution in [0.5, 0.6) is 11.5 Å². The number of amides is 1. The number of pyridine rings is 1. The molecule has 2 aromatic carbocycles. The van der Waals surface area contributed by atoms with Crippen LogP contribution >= 0.6 is 0 Å². The maximum atomic E-state index is 13.1. The highest BCUT2D eigenvalue weighted by Crippen LogP contribution is 2.42. The van der Waals surface area contributed by atoms with Crippen molar-refractivity contribution in [2.75, 3.05) is 4.90 Å². The van der Waals surface area contributed by atoms with Gasteiger partial charge >= 0.3 is 0 Å². The van der Waals surface area contributed by atoms with Crippen LogP contribution in [-0.4, -0.2) is 21.8 Å². The molecular weight excluding hydrogens is 420 g/mol. The lowest BCUT2D eigenvalue weighted by Crippen LogP contribution is -2.29. The van der Waals surface area contributed by atoms with E-state index < -0.39 is 17.7 Å². The van der Waals surface area contributed by atoms with Gasteiger partial charge in [0.2, 0.25) is 0 Å². The highest BCUT2D eigenvalue weighted by Gasteiger charge is 2.48. The van der Waals surface area contributed by atoms with E-state index in [9.17, 15) is 14.7 Å². The lowest BCUT2D eigenvalue weighted by Gasteiger charge is -2.23. The van der Waals surface area contributed by atoms with Crippen molar-refractivity contribution in [1.82, 2.24) is 4.98 Å². The number of benzene rings is 2. The molecule has 33 heavy (non-hydrogen) atoms. The van der Waals surface area contributed by atoms with Gasteiger partial charge < -0.3 is 14.3 Å². The molecule has 1 N–H and O–H groups in total. The van der Waals surface area contributed by atoms with Crippen molar-refractivity contribution in [2.45, 2.75) is 6.04 Å². The number of Topliss-reactive ketones (excluding diaryl/α,β-unsaturated/α-hetero) is 1. The molecule has 1 unspecified atom stereocenters. The molecule has 2 aromatic heterocycles. The van der Waals surface area contributed by atoms with Gasteiger partial charge in [0.1, 0.15) is 29.1 Å². The van der Waals surface area contributed by atoms with E-state index in [-0.39, 0.29) is 11.3 Å². The van der Waals surface area contributed by atoms with Crippen LogP contribution in [0, 0.1) is 0 Å². The molecule has 1 aliphatic rings. The topological polar surface area (TPSA) is 92.9 Å². The maximum Gasteiger partial charge on any atom is 0.300 e. The second-order valence-electron chi connectivity index (χ2n) is 7.33. The van der Waals surface area contributed by atoms with Gasteiger partial charge in [0, 0.05) is 23.6 Å². The summed E-state index contributed by atoms with van der Waals surface area (Å²) in [4.78, 5) is 31.4. The molecule has 1 amide bonds. The molecule has 5 rings (SSSR count). The number of hydrogen-bond acceptors (Lipinski definition) is 6. The molecule has 7 nitrogen and oxygen atoms in total. The molecule has 0 saturated carbocycles. The highest BCUT2D eigenvalue weighted by molar-refractivity contribution is 6.51. The minimum Gasteiger partial charge on any atom is -0.507 e. The molecule has 1 saturated heterocycles. The summed E-state index contributed by atoms with van der Waals surface area (Å²) in [5.41, 5.74) is 0.796. The zero-order valence-corrected chi connectivity index (χ0v) is 17.3. The molecule has 1 fully saturated rings. The normalized spacial score (nSPS) is 17.3. The number of aliphatic hydroxyl groups is 1. The first-order valence-corrected chi connectivity index (χ1v) is 10.2. The first kappa shape index (κ1) is 20.3. The van der Waals surface area contributed by atoms with E-state index in [1.54, 1.807) is 48.5 Å². The van der Waals surface area contributed by atoms with Crippen LogP contribution in [0.25, 0.3) is 5.76 Å². The lowest BCUT2D eigenvalue weighted by atomic mass is 9.99. The van der Waals surface area contributed by atoms with Crippen molar-refractivity contribution < 1.29 is 23.8 Å². The molecule has 1 atom stereocenters. The van der Waals surface area contributed by atoms with Crippen molar-refractivity contribution >= 4 is 23.1 Å². The van der Waals surface area contributed by atoms with Gasteiger partial charge in [0.15, 0.2) is 0 Å². The average molecular weight is 438 g/mol.